The lowest BCUT2D eigenvalue weighted by atomic mass is 10.2. The minimum absolute atomic E-state index is 0.0365. The van der Waals surface area contributed by atoms with Crippen LogP contribution in [0.2, 0.25) is 0 Å². The van der Waals surface area contributed by atoms with E-state index in [9.17, 15) is 4.79 Å². The molecule has 0 saturated carbocycles. The van der Waals surface area contributed by atoms with E-state index in [2.05, 4.69) is 43.8 Å². The first-order valence-electron chi connectivity index (χ1n) is 8.90. The minimum atomic E-state index is 0.0365. The number of piperazine rings is 1. The van der Waals surface area contributed by atoms with Crippen LogP contribution in [0.4, 0.5) is 11.4 Å². The molecule has 0 atom stereocenters. The zero-order valence-electron chi connectivity index (χ0n) is 15.0. The smallest absolute Gasteiger partial charge is 0.238 e. The number of para-hydroxylation sites is 2. The van der Waals surface area contributed by atoms with E-state index >= 15 is 0 Å². The van der Waals surface area contributed by atoms with Crippen molar-refractivity contribution in [2.75, 3.05) is 49.5 Å². The third-order valence-corrected chi connectivity index (χ3v) is 5.09. The van der Waals surface area contributed by atoms with Crippen LogP contribution in [0.15, 0.2) is 48.5 Å². The van der Waals surface area contributed by atoms with Gasteiger partial charge in [0, 0.05) is 35.4 Å². The third-order valence-electron chi connectivity index (χ3n) is 4.37. The molecule has 2 aromatic carbocycles. The van der Waals surface area contributed by atoms with E-state index in [4.69, 9.17) is 4.74 Å². The van der Waals surface area contributed by atoms with Crippen molar-refractivity contribution >= 4 is 39.9 Å². The zero-order valence-corrected chi connectivity index (χ0v) is 17.1. The Morgan fingerprint density at radius 1 is 1.08 bits per heavy atom. The second-order valence-corrected chi connectivity index (χ2v) is 7.46. The maximum absolute atomic E-state index is 12.3. The number of ether oxygens (including phenoxy) is 1. The van der Waals surface area contributed by atoms with Gasteiger partial charge in [-0.2, -0.15) is 0 Å². The van der Waals surface area contributed by atoms with E-state index in [1.807, 2.05) is 49.4 Å². The number of carbonyl (C=O) groups is 1. The van der Waals surface area contributed by atoms with Crippen LogP contribution in [0.1, 0.15) is 6.92 Å². The Morgan fingerprint density at radius 2 is 1.77 bits per heavy atom. The van der Waals surface area contributed by atoms with Crippen molar-refractivity contribution in [1.82, 2.24) is 4.90 Å². The van der Waals surface area contributed by atoms with Crippen molar-refractivity contribution in [3.05, 3.63) is 52.1 Å². The van der Waals surface area contributed by atoms with Crippen LogP contribution < -0.4 is 15.0 Å². The fourth-order valence-electron chi connectivity index (χ4n) is 3.08. The van der Waals surface area contributed by atoms with Crippen molar-refractivity contribution in [2.45, 2.75) is 6.92 Å². The van der Waals surface area contributed by atoms with Crippen LogP contribution >= 0.6 is 22.6 Å². The van der Waals surface area contributed by atoms with E-state index in [0.29, 0.717) is 13.2 Å². The van der Waals surface area contributed by atoms with Gasteiger partial charge in [0.05, 0.1) is 18.8 Å². The number of anilines is 2. The summed E-state index contributed by atoms with van der Waals surface area (Å²) in [7, 11) is 0. The number of hydrogen-bond donors (Lipinski definition) is 1. The summed E-state index contributed by atoms with van der Waals surface area (Å²) in [6.45, 7) is 6.59. The highest BCUT2D eigenvalue weighted by Gasteiger charge is 2.21. The molecule has 0 aliphatic carbocycles. The predicted molar refractivity (Wildman–Crippen MR) is 114 cm³/mol. The third kappa shape index (κ3) is 5.11. The first-order valence-corrected chi connectivity index (χ1v) is 9.98. The van der Waals surface area contributed by atoms with E-state index in [-0.39, 0.29) is 5.91 Å². The molecule has 6 heteroatoms. The van der Waals surface area contributed by atoms with Crippen LogP contribution in [0.5, 0.6) is 5.75 Å². The topological polar surface area (TPSA) is 44.8 Å². The van der Waals surface area contributed by atoms with Crippen molar-refractivity contribution in [3.8, 4) is 5.75 Å². The first kappa shape index (κ1) is 19.0. The number of carbonyl (C=O) groups excluding carboxylic acids is 1. The van der Waals surface area contributed by atoms with E-state index in [0.717, 1.165) is 46.9 Å². The molecule has 1 N–H and O–H groups in total. The van der Waals surface area contributed by atoms with Gasteiger partial charge >= 0.3 is 0 Å². The number of hydrogen-bond acceptors (Lipinski definition) is 4. The fourth-order valence-corrected chi connectivity index (χ4v) is 3.44. The second kappa shape index (κ2) is 9.23. The molecule has 138 valence electrons. The summed E-state index contributed by atoms with van der Waals surface area (Å²) in [6.07, 6.45) is 0. The summed E-state index contributed by atoms with van der Waals surface area (Å²) in [5, 5.41) is 2.97. The number of halogens is 1. The molecule has 5 nitrogen and oxygen atoms in total. The Hall–Kier alpha value is -1.80. The summed E-state index contributed by atoms with van der Waals surface area (Å²) in [6, 6.07) is 16.0. The molecule has 3 rings (SSSR count). The van der Waals surface area contributed by atoms with Gasteiger partial charge in [0.2, 0.25) is 5.91 Å². The van der Waals surface area contributed by atoms with Crippen molar-refractivity contribution < 1.29 is 9.53 Å². The van der Waals surface area contributed by atoms with Crippen LogP contribution in [0.25, 0.3) is 0 Å². The lowest BCUT2D eigenvalue weighted by molar-refractivity contribution is -0.117. The number of nitrogens with one attached hydrogen (secondary N) is 1. The summed E-state index contributed by atoms with van der Waals surface area (Å²) < 4.78 is 6.89. The van der Waals surface area contributed by atoms with E-state index < -0.39 is 0 Å². The molecule has 26 heavy (non-hydrogen) atoms. The lowest BCUT2D eigenvalue weighted by Gasteiger charge is -2.36. The van der Waals surface area contributed by atoms with Gasteiger partial charge in [-0.05, 0) is 65.9 Å². The lowest BCUT2D eigenvalue weighted by Crippen LogP contribution is -2.48. The normalized spacial score (nSPS) is 14.9. The summed E-state index contributed by atoms with van der Waals surface area (Å²) in [5.41, 5.74) is 1.98. The van der Waals surface area contributed by atoms with Crippen molar-refractivity contribution in [2.24, 2.45) is 0 Å². The molecule has 0 radical (unpaired) electrons. The Balaban J connectivity index is 1.51. The maximum Gasteiger partial charge on any atom is 0.238 e. The fraction of sp³-hybridized carbons (Fsp3) is 0.350. The highest BCUT2D eigenvalue weighted by atomic mass is 127. The Labute approximate surface area is 168 Å². The van der Waals surface area contributed by atoms with Crippen LogP contribution in [-0.4, -0.2) is 50.1 Å². The first-order chi connectivity index (χ1) is 12.7. The highest BCUT2D eigenvalue weighted by Crippen LogP contribution is 2.28. The molecule has 1 aliphatic heterocycles. The van der Waals surface area contributed by atoms with E-state index in [1.165, 1.54) is 0 Å². The van der Waals surface area contributed by atoms with E-state index in [1.54, 1.807) is 0 Å². The molecule has 0 aromatic heterocycles. The number of rotatable bonds is 6. The molecule has 0 bridgehead atoms. The standard InChI is InChI=1S/C20H24IN3O2/c1-2-26-19-6-4-3-5-18(19)24-13-11-23(12-14-24)15-20(25)22-17-9-7-16(21)8-10-17/h3-10H,2,11-15H2,1H3,(H,22,25). The summed E-state index contributed by atoms with van der Waals surface area (Å²) >= 11 is 2.25. The molecule has 1 saturated heterocycles. The SMILES string of the molecule is CCOc1ccccc1N1CCN(CC(=O)Nc2ccc(I)cc2)CC1. The average Bonchev–Trinajstić information content (AvgIpc) is 2.65. The van der Waals surface area contributed by atoms with Gasteiger partial charge < -0.3 is 15.0 Å². The van der Waals surface area contributed by atoms with Crippen LogP contribution in [-0.2, 0) is 4.79 Å². The Bertz CT molecular complexity index is 728. The zero-order chi connectivity index (χ0) is 18.4. The quantitative estimate of drug-likeness (QED) is 0.665. The van der Waals surface area contributed by atoms with Crippen molar-refractivity contribution in [3.63, 3.8) is 0 Å². The molecule has 0 unspecified atom stereocenters. The molecule has 1 amide bonds. The molecular formula is C20H24IN3O2. The molecule has 1 fully saturated rings. The summed E-state index contributed by atoms with van der Waals surface area (Å²) in [4.78, 5) is 16.8. The Morgan fingerprint density at radius 3 is 2.46 bits per heavy atom. The number of nitrogens with zero attached hydrogens (tertiary/aromatic N) is 2. The van der Waals surface area contributed by atoms with Crippen LogP contribution in [0, 0.1) is 3.57 Å². The van der Waals surface area contributed by atoms with Crippen molar-refractivity contribution in [1.29, 1.82) is 0 Å². The number of benzene rings is 2. The van der Waals surface area contributed by atoms with Gasteiger partial charge in [-0.15, -0.1) is 0 Å². The highest BCUT2D eigenvalue weighted by molar-refractivity contribution is 14.1. The monoisotopic (exact) mass is 465 g/mol. The molecule has 1 heterocycles. The predicted octanol–water partition coefficient (Wildman–Crippen LogP) is 3.45. The van der Waals surface area contributed by atoms with Gasteiger partial charge in [-0.1, -0.05) is 12.1 Å². The van der Waals surface area contributed by atoms with Gasteiger partial charge in [0.25, 0.3) is 0 Å². The molecular weight excluding hydrogens is 441 g/mol. The average molecular weight is 465 g/mol. The summed E-state index contributed by atoms with van der Waals surface area (Å²) in [5.74, 6) is 0.967. The van der Waals surface area contributed by atoms with Gasteiger partial charge in [0.15, 0.2) is 0 Å². The second-order valence-electron chi connectivity index (χ2n) is 6.22. The van der Waals surface area contributed by atoms with Gasteiger partial charge in [-0.3, -0.25) is 9.69 Å². The number of amides is 1. The minimum Gasteiger partial charge on any atom is -0.492 e. The molecule has 1 aliphatic rings. The molecule has 0 spiro atoms. The van der Waals surface area contributed by atoms with Gasteiger partial charge in [-0.25, -0.2) is 0 Å². The Kier molecular flexibility index (Phi) is 6.73. The largest absolute Gasteiger partial charge is 0.492 e. The van der Waals surface area contributed by atoms with Crippen LogP contribution in [0.3, 0.4) is 0 Å². The molecule has 2 aromatic rings. The van der Waals surface area contributed by atoms with Gasteiger partial charge in [0.1, 0.15) is 5.75 Å². The maximum atomic E-state index is 12.3.